The van der Waals surface area contributed by atoms with E-state index < -0.39 is 35.1 Å². The maximum absolute atomic E-state index is 13.4. The first-order valence-electron chi connectivity index (χ1n) is 14.8. The summed E-state index contributed by atoms with van der Waals surface area (Å²) in [5.74, 6) is -1.89. The molecular formula is C32H45N3O7. The molecule has 0 radical (unpaired) electrons. The summed E-state index contributed by atoms with van der Waals surface area (Å²) < 4.78 is 10.9. The van der Waals surface area contributed by atoms with Gasteiger partial charge in [0.25, 0.3) is 0 Å². The molecule has 0 saturated heterocycles. The molecule has 0 unspecified atom stereocenters. The van der Waals surface area contributed by atoms with Crippen LogP contribution in [0.1, 0.15) is 76.2 Å². The molecule has 0 aromatic heterocycles. The lowest BCUT2D eigenvalue weighted by Gasteiger charge is -2.33. The van der Waals surface area contributed by atoms with E-state index in [0.29, 0.717) is 32.1 Å². The Morgan fingerprint density at radius 3 is 2.10 bits per heavy atom. The molecule has 2 saturated carbocycles. The van der Waals surface area contributed by atoms with Gasteiger partial charge in [-0.3, -0.25) is 9.59 Å². The smallest absolute Gasteiger partial charge is 0.408 e. The zero-order valence-electron chi connectivity index (χ0n) is 24.4. The van der Waals surface area contributed by atoms with Crippen molar-refractivity contribution in [3.63, 3.8) is 0 Å². The van der Waals surface area contributed by atoms with E-state index >= 15 is 0 Å². The Bertz CT molecular complexity index is 1080. The Labute approximate surface area is 248 Å². The van der Waals surface area contributed by atoms with Crippen molar-refractivity contribution in [3.05, 3.63) is 61.2 Å². The second-order valence-electron chi connectivity index (χ2n) is 11.5. The Hall–Kier alpha value is -3.66. The predicted molar refractivity (Wildman–Crippen MR) is 158 cm³/mol. The van der Waals surface area contributed by atoms with Crippen LogP contribution in [0.2, 0.25) is 0 Å². The monoisotopic (exact) mass is 583 g/mol. The van der Waals surface area contributed by atoms with Crippen molar-refractivity contribution in [2.45, 2.75) is 94.4 Å². The van der Waals surface area contributed by atoms with Gasteiger partial charge in [-0.1, -0.05) is 68.2 Å². The number of benzene rings is 1. The van der Waals surface area contributed by atoms with Gasteiger partial charge in [0.05, 0.1) is 23.6 Å². The standard InChI is InChI=1S/C32H45N3O7/c1-3-12-25(20-27(37)34-31(22-36)16-8-9-17-31)28(38)35-32(18-10-11-19-32)23-42-29(39)26(13-4-2)33-30(40)41-21-24-14-6-5-7-15-24/h3-7,14-15,25-26,36H,1-2,8-13,16-23H2,(H,33,40)(H,34,37)(H,35,38)/t25-,26-/m1/s1. The Kier molecular flexibility index (Phi) is 12.6. The molecule has 2 aliphatic carbocycles. The molecule has 1 aromatic carbocycles. The molecule has 4 N–H and O–H groups in total. The lowest BCUT2D eigenvalue weighted by Crippen LogP contribution is -2.54. The van der Waals surface area contributed by atoms with Crippen molar-refractivity contribution in [3.8, 4) is 0 Å². The van der Waals surface area contributed by atoms with Crippen LogP contribution in [-0.4, -0.2) is 59.3 Å². The average molecular weight is 584 g/mol. The minimum atomic E-state index is -0.994. The number of aliphatic hydroxyl groups excluding tert-OH is 1. The van der Waals surface area contributed by atoms with Crippen molar-refractivity contribution in [1.82, 2.24) is 16.0 Å². The summed E-state index contributed by atoms with van der Waals surface area (Å²) in [6, 6.07) is 8.19. The molecule has 10 nitrogen and oxygen atoms in total. The van der Waals surface area contributed by atoms with Gasteiger partial charge in [0.1, 0.15) is 19.3 Å². The first-order chi connectivity index (χ1) is 20.2. The first-order valence-corrected chi connectivity index (χ1v) is 14.8. The second-order valence-corrected chi connectivity index (χ2v) is 11.5. The van der Waals surface area contributed by atoms with E-state index in [-0.39, 0.29) is 44.5 Å². The maximum Gasteiger partial charge on any atom is 0.408 e. The molecule has 0 heterocycles. The first kappa shape index (κ1) is 32.8. The van der Waals surface area contributed by atoms with Gasteiger partial charge in [-0.2, -0.15) is 0 Å². The number of hydrogen-bond donors (Lipinski definition) is 4. The molecule has 0 spiro atoms. The number of carbonyl (C=O) groups excluding carboxylic acids is 4. The topological polar surface area (TPSA) is 143 Å². The van der Waals surface area contributed by atoms with Crippen LogP contribution in [0.3, 0.4) is 0 Å². The fourth-order valence-corrected chi connectivity index (χ4v) is 5.75. The van der Waals surface area contributed by atoms with Crippen molar-refractivity contribution in [2.24, 2.45) is 5.92 Å². The Morgan fingerprint density at radius 1 is 0.881 bits per heavy atom. The molecule has 0 aliphatic heterocycles. The third kappa shape index (κ3) is 9.72. The van der Waals surface area contributed by atoms with Gasteiger partial charge in [-0.05, 0) is 44.1 Å². The highest BCUT2D eigenvalue weighted by Gasteiger charge is 2.40. The summed E-state index contributed by atoms with van der Waals surface area (Å²) in [6.07, 6.45) is 9.03. The molecule has 3 rings (SSSR count). The lowest BCUT2D eigenvalue weighted by atomic mass is 9.93. The van der Waals surface area contributed by atoms with Crippen molar-refractivity contribution in [1.29, 1.82) is 0 Å². The minimum Gasteiger partial charge on any atom is -0.462 e. The summed E-state index contributed by atoms with van der Waals surface area (Å²) in [7, 11) is 0. The van der Waals surface area contributed by atoms with Gasteiger partial charge in [-0.25, -0.2) is 9.59 Å². The fraction of sp³-hybridized carbons (Fsp3) is 0.562. The number of alkyl carbamates (subject to hydrolysis) is 1. The van der Waals surface area contributed by atoms with Gasteiger partial charge >= 0.3 is 12.1 Å². The van der Waals surface area contributed by atoms with Crippen LogP contribution in [0.5, 0.6) is 0 Å². The number of amides is 3. The highest BCUT2D eigenvalue weighted by molar-refractivity contribution is 5.87. The summed E-state index contributed by atoms with van der Waals surface area (Å²) in [4.78, 5) is 51.6. The van der Waals surface area contributed by atoms with Crippen LogP contribution < -0.4 is 16.0 Å². The van der Waals surface area contributed by atoms with E-state index in [2.05, 4.69) is 29.1 Å². The predicted octanol–water partition coefficient (Wildman–Crippen LogP) is 3.83. The molecule has 230 valence electrons. The quantitative estimate of drug-likeness (QED) is 0.171. The summed E-state index contributed by atoms with van der Waals surface area (Å²) in [5, 5.41) is 18.4. The maximum atomic E-state index is 13.4. The molecule has 2 fully saturated rings. The van der Waals surface area contributed by atoms with E-state index in [4.69, 9.17) is 9.47 Å². The van der Waals surface area contributed by atoms with E-state index in [9.17, 15) is 24.3 Å². The SMILES string of the molecule is C=CC[C@H](CC(=O)NC1(CO)CCCC1)C(=O)NC1(COC(=O)[C@@H](CC=C)NC(=O)OCc2ccccc2)CCCC1. The number of aliphatic hydroxyl groups is 1. The number of carbonyl (C=O) groups is 4. The third-order valence-electron chi connectivity index (χ3n) is 8.15. The third-order valence-corrected chi connectivity index (χ3v) is 8.15. The molecule has 2 aliphatic rings. The number of esters is 1. The second kappa shape index (κ2) is 16.1. The highest BCUT2D eigenvalue weighted by Crippen LogP contribution is 2.32. The van der Waals surface area contributed by atoms with Crippen molar-refractivity contribution >= 4 is 23.9 Å². The number of nitrogens with one attached hydrogen (secondary N) is 3. The Balaban J connectivity index is 1.56. The molecule has 42 heavy (non-hydrogen) atoms. The molecular weight excluding hydrogens is 538 g/mol. The summed E-state index contributed by atoms with van der Waals surface area (Å²) in [5.41, 5.74) is -0.572. The number of hydrogen-bond acceptors (Lipinski definition) is 7. The van der Waals surface area contributed by atoms with Crippen molar-refractivity contribution in [2.75, 3.05) is 13.2 Å². The minimum absolute atomic E-state index is 0.0358. The van der Waals surface area contributed by atoms with Crippen LogP contribution in [0.25, 0.3) is 0 Å². The van der Waals surface area contributed by atoms with Crippen LogP contribution >= 0.6 is 0 Å². The largest absolute Gasteiger partial charge is 0.462 e. The van der Waals surface area contributed by atoms with E-state index in [0.717, 1.165) is 31.2 Å². The van der Waals surface area contributed by atoms with Gasteiger partial charge in [0.15, 0.2) is 0 Å². The summed E-state index contributed by atoms with van der Waals surface area (Å²) in [6.45, 7) is 7.28. The van der Waals surface area contributed by atoms with Crippen molar-refractivity contribution < 1.29 is 33.8 Å². The molecule has 0 bridgehead atoms. The Morgan fingerprint density at radius 2 is 1.50 bits per heavy atom. The van der Waals surface area contributed by atoms with Crippen LogP contribution in [0.4, 0.5) is 4.79 Å². The van der Waals surface area contributed by atoms with Crippen LogP contribution in [-0.2, 0) is 30.5 Å². The van der Waals surface area contributed by atoms with E-state index in [1.807, 2.05) is 30.3 Å². The number of allylic oxidation sites excluding steroid dienone is 1. The number of ether oxygens (including phenoxy) is 2. The van der Waals surface area contributed by atoms with Gasteiger partial charge < -0.3 is 30.5 Å². The lowest BCUT2D eigenvalue weighted by molar-refractivity contribution is -0.149. The van der Waals surface area contributed by atoms with E-state index in [1.165, 1.54) is 6.08 Å². The van der Waals surface area contributed by atoms with Crippen LogP contribution in [0, 0.1) is 5.92 Å². The zero-order valence-corrected chi connectivity index (χ0v) is 24.4. The molecule has 2 atom stereocenters. The zero-order chi connectivity index (χ0) is 30.4. The van der Waals surface area contributed by atoms with Gasteiger partial charge in [-0.15, -0.1) is 13.2 Å². The molecule has 10 heteroatoms. The fourth-order valence-electron chi connectivity index (χ4n) is 5.75. The highest BCUT2D eigenvalue weighted by atomic mass is 16.6. The molecule has 1 aromatic rings. The van der Waals surface area contributed by atoms with E-state index in [1.54, 1.807) is 6.08 Å². The summed E-state index contributed by atoms with van der Waals surface area (Å²) >= 11 is 0. The average Bonchev–Trinajstić information content (AvgIpc) is 3.65. The number of rotatable bonds is 16. The molecule has 3 amide bonds. The van der Waals surface area contributed by atoms with Gasteiger partial charge in [0, 0.05) is 6.42 Å². The van der Waals surface area contributed by atoms with Crippen LogP contribution in [0.15, 0.2) is 55.6 Å². The van der Waals surface area contributed by atoms with Gasteiger partial charge in [0.2, 0.25) is 11.8 Å². The normalized spacial score (nSPS) is 18.2.